The van der Waals surface area contributed by atoms with Crippen LogP contribution in [0.1, 0.15) is 48.1 Å². The fraction of sp³-hybridized carbons (Fsp3) is 0.394. The third-order valence-corrected chi connectivity index (χ3v) is 7.83. The van der Waals surface area contributed by atoms with Crippen molar-refractivity contribution in [3.05, 3.63) is 82.9 Å². The van der Waals surface area contributed by atoms with E-state index in [1.165, 1.54) is 0 Å². The summed E-state index contributed by atoms with van der Waals surface area (Å²) in [5.41, 5.74) is 4.36. The van der Waals surface area contributed by atoms with E-state index in [-0.39, 0.29) is 31.3 Å². The van der Waals surface area contributed by atoms with Crippen LogP contribution in [-0.4, -0.2) is 61.1 Å². The van der Waals surface area contributed by atoms with Gasteiger partial charge in [0.1, 0.15) is 12.4 Å². The normalized spacial score (nSPS) is 19.7. The van der Waals surface area contributed by atoms with Gasteiger partial charge >= 0.3 is 5.97 Å². The highest BCUT2D eigenvalue weighted by atomic mass is 16.7. The number of nitrogens with zero attached hydrogens (tertiary/aromatic N) is 1. The van der Waals surface area contributed by atoms with Gasteiger partial charge in [0.05, 0.1) is 25.2 Å². The maximum Gasteiger partial charge on any atom is 0.309 e. The number of rotatable bonds is 11. The second-order valence-corrected chi connectivity index (χ2v) is 11.1. The topological polar surface area (TPSA) is 107 Å². The SMILES string of the molecule is Cc1cccc(C)c1NC(=O)CN1C[C@H](c2ccc3c(c2)OCO3)[C@@H](C(=O)O)[C@@H]1c1ccc(OCCOC(C)C)cc1. The molecule has 0 saturated carbocycles. The summed E-state index contributed by atoms with van der Waals surface area (Å²) in [4.78, 5) is 28.3. The van der Waals surface area contributed by atoms with Gasteiger partial charge in [-0.2, -0.15) is 0 Å². The Bertz CT molecular complexity index is 1400. The molecule has 222 valence electrons. The van der Waals surface area contributed by atoms with Crippen LogP contribution in [0.15, 0.2) is 60.7 Å². The number of amides is 1. The Morgan fingerprint density at radius 3 is 2.36 bits per heavy atom. The summed E-state index contributed by atoms with van der Waals surface area (Å²) in [7, 11) is 0. The van der Waals surface area contributed by atoms with Crippen molar-refractivity contribution >= 4 is 17.6 Å². The van der Waals surface area contributed by atoms with Crippen LogP contribution < -0.4 is 19.5 Å². The van der Waals surface area contributed by atoms with Gasteiger partial charge in [0.15, 0.2) is 11.5 Å². The van der Waals surface area contributed by atoms with E-state index in [0.717, 1.165) is 27.9 Å². The van der Waals surface area contributed by atoms with E-state index in [9.17, 15) is 14.7 Å². The summed E-state index contributed by atoms with van der Waals surface area (Å²) in [6, 6.07) is 18.3. The number of carboxylic acid groups (broad SMARTS) is 1. The molecule has 5 rings (SSSR count). The Kier molecular flexibility index (Phi) is 8.99. The second kappa shape index (κ2) is 12.8. The van der Waals surface area contributed by atoms with Crippen molar-refractivity contribution in [2.75, 3.05) is 38.4 Å². The van der Waals surface area contributed by atoms with Gasteiger partial charge in [0.25, 0.3) is 0 Å². The average Bonchev–Trinajstić information content (AvgIpc) is 3.58. The fourth-order valence-corrected chi connectivity index (χ4v) is 5.85. The van der Waals surface area contributed by atoms with Crippen molar-refractivity contribution in [2.45, 2.75) is 45.8 Å². The maximum atomic E-state index is 13.4. The van der Waals surface area contributed by atoms with Crippen LogP contribution in [-0.2, 0) is 14.3 Å². The molecule has 1 fully saturated rings. The van der Waals surface area contributed by atoms with E-state index in [1.807, 2.05) is 93.3 Å². The molecule has 2 N–H and O–H groups in total. The third-order valence-electron chi connectivity index (χ3n) is 7.83. The van der Waals surface area contributed by atoms with Crippen LogP contribution in [0.3, 0.4) is 0 Å². The molecular formula is C33H38N2O7. The number of likely N-dealkylation sites (tertiary alicyclic amines) is 1. The molecule has 0 aliphatic carbocycles. The molecule has 2 aliphatic heterocycles. The third kappa shape index (κ3) is 6.53. The number of carboxylic acids is 1. The van der Waals surface area contributed by atoms with E-state index in [4.69, 9.17) is 18.9 Å². The Morgan fingerprint density at radius 1 is 0.976 bits per heavy atom. The summed E-state index contributed by atoms with van der Waals surface area (Å²) in [6.45, 7) is 9.29. The summed E-state index contributed by atoms with van der Waals surface area (Å²) in [5, 5.41) is 13.6. The first-order chi connectivity index (χ1) is 20.2. The molecule has 2 heterocycles. The zero-order valence-electron chi connectivity index (χ0n) is 24.5. The van der Waals surface area contributed by atoms with E-state index in [2.05, 4.69) is 5.32 Å². The summed E-state index contributed by atoms with van der Waals surface area (Å²) < 4.78 is 22.4. The minimum Gasteiger partial charge on any atom is -0.491 e. The monoisotopic (exact) mass is 574 g/mol. The van der Waals surface area contributed by atoms with Gasteiger partial charge in [0.2, 0.25) is 12.7 Å². The molecule has 42 heavy (non-hydrogen) atoms. The number of hydrogen-bond donors (Lipinski definition) is 2. The molecule has 3 aromatic rings. The van der Waals surface area contributed by atoms with Gasteiger partial charge in [-0.25, -0.2) is 0 Å². The molecule has 0 spiro atoms. The van der Waals surface area contributed by atoms with Gasteiger partial charge in [-0.3, -0.25) is 14.5 Å². The molecule has 9 nitrogen and oxygen atoms in total. The van der Waals surface area contributed by atoms with Gasteiger partial charge in [-0.15, -0.1) is 0 Å². The lowest BCUT2D eigenvalue weighted by atomic mass is 9.82. The van der Waals surface area contributed by atoms with Gasteiger partial charge in [0, 0.05) is 24.2 Å². The maximum absolute atomic E-state index is 13.4. The largest absolute Gasteiger partial charge is 0.491 e. The molecule has 1 amide bonds. The molecule has 0 radical (unpaired) electrons. The quantitative estimate of drug-likeness (QED) is 0.297. The summed E-state index contributed by atoms with van der Waals surface area (Å²) in [5.74, 6) is -0.391. The van der Waals surface area contributed by atoms with Gasteiger partial charge < -0.3 is 29.4 Å². The van der Waals surface area contributed by atoms with Crippen LogP contribution in [0.5, 0.6) is 17.2 Å². The van der Waals surface area contributed by atoms with Crippen LogP contribution >= 0.6 is 0 Å². The van der Waals surface area contributed by atoms with Gasteiger partial charge in [-0.1, -0.05) is 36.4 Å². The van der Waals surface area contributed by atoms with Crippen LogP contribution in [0, 0.1) is 19.8 Å². The zero-order valence-corrected chi connectivity index (χ0v) is 24.5. The molecule has 0 aromatic heterocycles. The number of hydrogen-bond acceptors (Lipinski definition) is 7. The average molecular weight is 575 g/mol. The number of carbonyl (C=O) groups excluding carboxylic acids is 1. The fourth-order valence-electron chi connectivity index (χ4n) is 5.85. The standard InChI is InChI=1S/C33H38N2O7/c1-20(2)39-14-15-40-25-11-8-23(9-12-25)32-30(33(37)38)26(24-10-13-27-28(16-24)42-19-41-27)17-35(32)18-29(36)34-31-21(3)6-5-7-22(31)4/h5-13,16,20,26,30,32H,14-15,17-19H2,1-4H3,(H,34,36)(H,37,38)/t26-,30-,32+/m1/s1. The second-order valence-electron chi connectivity index (χ2n) is 11.1. The van der Waals surface area contributed by atoms with Crippen LogP contribution in [0.4, 0.5) is 5.69 Å². The summed E-state index contributed by atoms with van der Waals surface area (Å²) in [6.07, 6.45) is 0.127. The Hall–Kier alpha value is -4.08. The molecule has 2 aliphatic rings. The Morgan fingerprint density at radius 2 is 1.67 bits per heavy atom. The van der Waals surface area contributed by atoms with Crippen LogP contribution in [0.2, 0.25) is 0 Å². The highest BCUT2D eigenvalue weighted by Gasteiger charge is 2.48. The number of benzene rings is 3. The minimum absolute atomic E-state index is 0.0358. The number of para-hydroxylation sites is 1. The predicted molar refractivity (Wildman–Crippen MR) is 158 cm³/mol. The first-order valence-electron chi connectivity index (χ1n) is 14.3. The van der Waals surface area contributed by atoms with E-state index < -0.39 is 17.9 Å². The number of fused-ring (bicyclic) bond motifs is 1. The van der Waals surface area contributed by atoms with Gasteiger partial charge in [-0.05, 0) is 74.2 Å². The lowest BCUT2D eigenvalue weighted by Crippen LogP contribution is -2.35. The van der Waals surface area contributed by atoms with E-state index in [1.54, 1.807) is 0 Å². The highest BCUT2D eigenvalue weighted by Crippen LogP contribution is 2.47. The lowest BCUT2D eigenvalue weighted by molar-refractivity contribution is -0.143. The van der Waals surface area contributed by atoms with Crippen LogP contribution in [0.25, 0.3) is 0 Å². The number of anilines is 1. The number of nitrogens with one attached hydrogen (secondary N) is 1. The first kappa shape index (κ1) is 29.4. The van der Waals surface area contributed by atoms with Crippen molar-refractivity contribution in [1.29, 1.82) is 0 Å². The van der Waals surface area contributed by atoms with Crippen molar-refractivity contribution in [2.24, 2.45) is 5.92 Å². The van der Waals surface area contributed by atoms with Crippen molar-refractivity contribution < 1.29 is 33.6 Å². The first-order valence-corrected chi connectivity index (χ1v) is 14.3. The van der Waals surface area contributed by atoms with Crippen molar-refractivity contribution in [1.82, 2.24) is 4.90 Å². The molecule has 0 bridgehead atoms. The highest BCUT2D eigenvalue weighted by molar-refractivity contribution is 5.94. The smallest absolute Gasteiger partial charge is 0.309 e. The molecule has 3 atom stereocenters. The molecule has 3 aromatic carbocycles. The predicted octanol–water partition coefficient (Wildman–Crippen LogP) is 5.32. The number of carbonyl (C=O) groups is 2. The Labute approximate surface area is 246 Å². The lowest BCUT2D eigenvalue weighted by Gasteiger charge is -2.27. The van der Waals surface area contributed by atoms with E-state index >= 15 is 0 Å². The minimum atomic E-state index is -0.925. The number of aliphatic carboxylic acids is 1. The molecule has 0 unspecified atom stereocenters. The summed E-state index contributed by atoms with van der Waals surface area (Å²) >= 11 is 0. The molecule has 1 saturated heterocycles. The molecule has 9 heteroatoms. The number of ether oxygens (including phenoxy) is 4. The Balaban J connectivity index is 1.42. The zero-order chi connectivity index (χ0) is 29.8. The van der Waals surface area contributed by atoms with E-state index in [0.29, 0.717) is 37.0 Å². The van der Waals surface area contributed by atoms with Crippen molar-refractivity contribution in [3.63, 3.8) is 0 Å². The molecular weight excluding hydrogens is 536 g/mol. The number of aryl methyl sites for hydroxylation is 2. The van der Waals surface area contributed by atoms with Crippen molar-refractivity contribution in [3.8, 4) is 17.2 Å².